The molecule has 1 heterocycles. The molecule has 1 aliphatic rings. The van der Waals surface area contributed by atoms with Crippen LogP contribution in [-0.4, -0.2) is 29.9 Å². The van der Waals surface area contributed by atoms with E-state index in [1.807, 2.05) is 24.3 Å². The fourth-order valence-corrected chi connectivity index (χ4v) is 4.96. The molecule has 1 atom stereocenters. The van der Waals surface area contributed by atoms with E-state index in [-0.39, 0.29) is 16.8 Å². The van der Waals surface area contributed by atoms with Gasteiger partial charge in [0.05, 0.1) is 6.61 Å². The minimum atomic E-state index is -1.33. The van der Waals surface area contributed by atoms with Gasteiger partial charge >= 0.3 is 11.9 Å². The van der Waals surface area contributed by atoms with Crippen molar-refractivity contribution in [2.45, 2.75) is 117 Å². The lowest BCUT2D eigenvalue weighted by atomic mass is 9.84. The van der Waals surface area contributed by atoms with E-state index in [1.54, 1.807) is 13.8 Å². The van der Waals surface area contributed by atoms with E-state index in [2.05, 4.69) is 76.4 Å². The summed E-state index contributed by atoms with van der Waals surface area (Å²) in [5, 5.41) is 6.88. The van der Waals surface area contributed by atoms with Crippen molar-refractivity contribution in [3.63, 3.8) is 0 Å². The van der Waals surface area contributed by atoms with Crippen LogP contribution in [0.5, 0.6) is 5.75 Å². The normalized spacial score (nSPS) is 16.2. The second-order valence-electron chi connectivity index (χ2n) is 13.0. The average molecular weight is 579 g/mol. The van der Waals surface area contributed by atoms with Crippen LogP contribution in [0.1, 0.15) is 105 Å². The molecule has 2 N–H and O–H groups in total. The Morgan fingerprint density at radius 3 is 1.98 bits per heavy atom. The average Bonchev–Trinajstić information content (AvgIpc) is 2.88. The van der Waals surface area contributed by atoms with Crippen molar-refractivity contribution >= 4 is 17.6 Å². The monoisotopic (exact) mass is 578 g/mol. The number of unbranched alkanes of at least 4 members (excludes halogenated alkanes) is 3. The third kappa shape index (κ3) is 9.53. The van der Waals surface area contributed by atoms with Gasteiger partial charge in [-0.25, -0.2) is 9.59 Å². The molecular weight excluding hydrogens is 528 g/mol. The zero-order valence-corrected chi connectivity index (χ0v) is 26.8. The van der Waals surface area contributed by atoms with Crippen LogP contribution in [0.2, 0.25) is 0 Å². The topological polar surface area (TPSA) is 85.9 Å². The van der Waals surface area contributed by atoms with Gasteiger partial charge in [0.2, 0.25) is 0 Å². The molecule has 0 aromatic heterocycles. The molecule has 1 fully saturated rings. The van der Waals surface area contributed by atoms with Gasteiger partial charge in [0.15, 0.2) is 5.57 Å². The number of hydrogen-bond donors (Lipinski definition) is 2. The molecule has 3 rings (SSSR count). The minimum absolute atomic E-state index is 0.0643. The van der Waals surface area contributed by atoms with E-state index >= 15 is 0 Å². The Kier molecular flexibility index (Phi) is 11.1. The largest absolute Gasteiger partial charge is 0.494 e. The van der Waals surface area contributed by atoms with Crippen LogP contribution >= 0.6 is 0 Å². The molecule has 0 bridgehead atoms. The van der Waals surface area contributed by atoms with Crippen molar-refractivity contribution in [3.8, 4) is 5.75 Å². The highest BCUT2D eigenvalue weighted by molar-refractivity contribution is 6.16. The fourth-order valence-electron chi connectivity index (χ4n) is 4.96. The number of carbonyl (C=O) groups excluding carboxylic acids is 2. The molecule has 1 saturated heterocycles. The highest BCUT2D eigenvalue weighted by Crippen LogP contribution is 2.30. The number of hydrogen-bond acceptors (Lipinski definition) is 7. The highest BCUT2D eigenvalue weighted by Gasteiger charge is 2.42. The first-order chi connectivity index (χ1) is 19.7. The number of benzene rings is 2. The maximum absolute atomic E-state index is 13.2. The third-order valence-electron chi connectivity index (χ3n) is 7.40. The minimum Gasteiger partial charge on any atom is -0.494 e. The summed E-state index contributed by atoms with van der Waals surface area (Å²) in [4.78, 5) is 26.4. The van der Waals surface area contributed by atoms with E-state index in [1.165, 1.54) is 11.1 Å². The van der Waals surface area contributed by atoms with E-state index in [0.29, 0.717) is 18.7 Å². The summed E-state index contributed by atoms with van der Waals surface area (Å²) in [7, 11) is 0. The van der Waals surface area contributed by atoms with Gasteiger partial charge in [-0.1, -0.05) is 84.6 Å². The summed E-state index contributed by atoms with van der Waals surface area (Å²) in [5.41, 5.74) is 2.54. The standard InChI is InChI=1S/C35H50N2O5/c1-9-11-13-22-35(8,24-25-14-16-26(17-15-25)33(3,4)5)37-30(29-31(38)41-34(6,7)42-32(29)39)36-27-18-20-28(21-19-27)40-23-12-10-2/h14-21,36-37H,9-13,22-24H2,1-8H3. The first-order valence-electron chi connectivity index (χ1n) is 15.3. The number of anilines is 1. The summed E-state index contributed by atoms with van der Waals surface area (Å²) in [6.07, 6.45) is 6.73. The summed E-state index contributed by atoms with van der Waals surface area (Å²) in [6, 6.07) is 16.2. The smallest absolute Gasteiger partial charge is 0.352 e. The Morgan fingerprint density at radius 1 is 0.833 bits per heavy atom. The van der Waals surface area contributed by atoms with Gasteiger partial charge < -0.3 is 24.8 Å². The molecule has 2 aromatic carbocycles. The van der Waals surface area contributed by atoms with Crippen molar-refractivity contribution in [3.05, 3.63) is 71.1 Å². The number of nitrogens with one attached hydrogen (secondary N) is 2. The number of cyclic esters (lactones) is 2. The maximum Gasteiger partial charge on any atom is 0.352 e. The Labute approximate surface area is 252 Å². The van der Waals surface area contributed by atoms with E-state index in [4.69, 9.17) is 14.2 Å². The second-order valence-corrected chi connectivity index (χ2v) is 13.0. The van der Waals surface area contributed by atoms with Gasteiger partial charge in [-0.2, -0.15) is 0 Å². The molecule has 1 unspecified atom stereocenters. The summed E-state index contributed by atoms with van der Waals surface area (Å²) in [5.74, 6) is -1.75. The quantitative estimate of drug-likeness (QED) is 0.102. The number of ether oxygens (including phenoxy) is 3. The van der Waals surface area contributed by atoms with Crippen molar-refractivity contribution in [1.29, 1.82) is 0 Å². The zero-order valence-electron chi connectivity index (χ0n) is 26.8. The van der Waals surface area contributed by atoms with Crippen molar-refractivity contribution in [2.24, 2.45) is 0 Å². The van der Waals surface area contributed by atoms with Crippen LogP contribution in [0.4, 0.5) is 5.69 Å². The van der Waals surface area contributed by atoms with Gasteiger partial charge in [0.25, 0.3) is 5.79 Å². The lowest BCUT2D eigenvalue weighted by Crippen LogP contribution is -2.49. The molecule has 1 aliphatic heterocycles. The molecule has 42 heavy (non-hydrogen) atoms. The van der Waals surface area contributed by atoms with E-state index in [9.17, 15) is 9.59 Å². The van der Waals surface area contributed by atoms with Crippen LogP contribution in [-0.2, 0) is 30.9 Å². The number of carbonyl (C=O) groups is 2. The molecule has 0 radical (unpaired) electrons. The molecule has 0 saturated carbocycles. The molecule has 7 nitrogen and oxygen atoms in total. The molecule has 0 spiro atoms. The predicted molar refractivity (Wildman–Crippen MR) is 168 cm³/mol. The van der Waals surface area contributed by atoms with Crippen molar-refractivity contribution < 1.29 is 23.8 Å². The van der Waals surface area contributed by atoms with Crippen LogP contribution in [0.25, 0.3) is 0 Å². The first kappa shape index (κ1) is 33.0. The second kappa shape index (κ2) is 14.1. The molecule has 2 aromatic rings. The third-order valence-corrected chi connectivity index (χ3v) is 7.40. The van der Waals surface area contributed by atoms with Crippen LogP contribution in [0, 0.1) is 0 Å². The van der Waals surface area contributed by atoms with Crippen LogP contribution in [0.15, 0.2) is 59.9 Å². The van der Waals surface area contributed by atoms with Gasteiger partial charge in [0.1, 0.15) is 11.6 Å². The molecule has 230 valence electrons. The van der Waals surface area contributed by atoms with Gasteiger partial charge in [0, 0.05) is 25.1 Å². The van der Waals surface area contributed by atoms with Crippen molar-refractivity contribution in [1.82, 2.24) is 5.32 Å². The van der Waals surface area contributed by atoms with E-state index < -0.39 is 23.3 Å². The van der Waals surface area contributed by atoms with Gasteiger partial charge in [-0.3, -0.25) is 0 Å². The molecule has 0 amide bonds. The SMILES string of the molecule is CCCCCC(C)(Cc1ccc(C(C)(C)C)cc1)NC(Nc1ccc(OCCCC)cc1)=C1C(=O)OC(C)(C)OC1=O. The summed E-state index contributed by atoms with van der Waals surface area (Å²) < 4.78 is 16.8. The number of rotatable bonds is 14. The van der Waals surface area contributed by atoms with Crippen molar-refractivity contribution in [2.75, 3.05) is 11.9 Å². The number of esters is 2. The summed E-state index contributed by atoms with van der Waals surface area (Å²) in [6.45, 7) is 16.8. The first-order valence-corrected chi connectivity index (χ1v) is 15.3. The highest BCUT2D eigenvalue weighted by atomic mass is 16.7. The molecule has 0 aliphatic carbocycles. The molecule has 7 heteroatoms. The molecular formula is C35H50N2O5. The van der Waals surface area contributed by atoms with Crippen LogP contribution in [0.3, 0.4) is 0 Å². The lowest BCUT2D eigenvalue weighted by Gasteiger charge is -2.36. The zero-order chi connectivity index (χ0) is 31.0. The Bertz CT molecular complexity index is 1200. The predicted octanol–water partition coefficient (Wildman–Crippen LogP) is 7.79. The van der Waals surface area contributed by atoms with Gasteiger partial charge in [-0.05, 0) is 67.0 Å². The lowest BCUT2D eigenvalue weighted by molar-refractivity contribution is -0.222. The van der Waals surface area contributed by atoms with Crippen LogP contribution < -0.4 is 15.4 Å². The summed E-state index contributed by atoms with van der Waals surface area (Å²) >= 11 is 0. The Hall–Kier alpha value is -3.48. The Morgan fingerprint density at radius 2 is 1.43 bits per heavy atom. The fraction of sp³-hybridized carbons (Fsp3) is 0.543. The Balaban J connectivity index is 1.97. The van der Waals surface area contributed by atoms with E-state index in [0.717, 1.165) is 44.3 Å². The van der Waals surface area contributed by atoms with Gasteiger partial charge in [-0.15, -0.1) is 0 Å². The maximum atomic E-state index is 13.2.